The zero-order valence-corrected chi connectivity index (χ0v) is 10.8. The fraction of sp³-hybridized carbons (Fsp3) is 0.667. The van der Waals surface area contributed by atoms with Gasteiger partial charge in [0.15, 0.2) is 0 Å². The van der Waals surface area contributed by atoms with Crippen molar-refractivity contribution >= 4 is 11.6 Å². The normalized spacial score (nSPS) is 15.1. The van der Waals surface area contributed by atoms with Crippen LogP contribution in [0.1, 0.15) is 18.7 Å². The van der Waals surface area contributed by atoms with Crippen LogP contribution in [0.4, 0.5) is 11.6 Å². The van der Waals surface area contributed by atoms with E-state index in [0.29, 0.717) is 6.04 Å². The van der Waals surface area contributed by atoms with Gasteiger partial charge in [0, 0.05) is 25.2 Å². The van der Waals surface area contributed by atoms with Gasteiger partial charge in [0.2, 0.25) is 0 Å². The van der Waals surface area contributed by atoms with E-state index in [2.05, 4.69) is 39.6 Å². The predicted octanol–water partition coefficient (Wildman–Crippen LogP) is 1.33. The Morgan fingerprint density at radius 1 is 1.29 bits per heavy atom. The van der Waals surface area contributed by atoms with Crippen molar-refractivity contribution in [2.45, 2.75) is 25.8 Å². The average molecular weight is 235 g/mol. The van der Waals surface area contributed by atoms with Gasteiger partial charge in [0.05, 0.1) is 0 Å². The summed E-state index contributed by atoms with van der Waals surface area (Å²) >= 11 is 0. The van der Waals surface area contributed by atoms with Gasteiger partial charge in [-0.25, -0.2) is 9.97 Å². The molecule has 1 saturated carbocycles. The molecule has 0 atom stereocenters. The maximum atomic E-state index is 4.38. The van der Waals surface area contributed by atoms with Crippen LogP contribution >= 0.6 is 0 Å². The van der Waals surface area contributed by atoms with E-state index in [-0.39, 0.29) is 0 Å². The lowest BCUT2D eigenvalue weighted by molar-refractivity contribution is 0.425. The molecule has 2 rings (SSSR count). The topological polar surface area (TPSA) is 53.1 Å². The number of aryl methyl sites for hydroxylation is 1. The highest BCUT2D eigenvalue weighted by molar-refractivity contribution is 5.48. The Morgan fingerprint density at radius 2 is 2.00 bits per heavy atom. The molecule has 1 aliphatic rings. The van der Waals surface area contributed by atoms with E-state index in [1.54, 1.807) is 0 Å². The lowest BCUT2D eigenvalue weighted by Crippen LogP contribution is -2.21. The van der Waals surface area contributed by atoms with E-state index in [4.69, 9.17) is 0 Å². The Kier molecular flexibility index (Phi) is 3.78. The maximum Gasteiger partial charge on any atom is 0.132 e. The molecule has 17 heavy (non-hydrogen) atoms. The smallest absolute Gasteiger partial charge is 0.132 e. The summed E-state index contributed by atoms with van der Waals surface area (Å²) in [6, 6.07) is 2.61. The molecule has 0 saturated heterocycles. The highest BCUT2D eigenvalue weighted by Crippen LogP contribution is 2.24. The summed E-state index contributed by atoms with van der Waals surface area (Å²) in [4.78, 5) is 10.9. The Labute approximate surface area is 103 Å². The molecular formula is C12H21N5. The van der Waals surface area contributed by atoms with Gasteiger partial charge >= 0.3 is 0 Å². The quantitative estimate of drug-likeness (QED) is 0.779. The zero-order chi connectivity index (χ0) is 12.3. The lowest BCUT2D eigenvalue weighted by atomic mass is 10.4. The molecule has 0 aromatic carbocycles. The van der Waals surface area contributed by atoms with Crippen molar-refractivity contribution in [3.63, 3.8) is 0 Å². The van der Waals surface area contributed by atoms with Crippen molar-refractivity contribution in [3.05, 3.63) is 11.9 Å². The van der Waals surface area contributed by atoms with E-state index < -0.39 is 0 Å². The van der Waals surface area contributed by atoms with E-state index in [0.717, 1.165) is 30.5 Å². The Balaban J connectivity index is 1.92. The first-order valence-corrected chi connectivity index (χ1v) is 6.14. The molecule has 1 fully saturated rings. The van der Waals surface area contributed by atoms with Crippen LogP contribution in [0.2, 0.25) is 0 Å². The average Bonchev–Trinajstić information content (AvgIpc) is 3.00. The Hall–Kier alpha value is -1.36. The molecule has 0 aliphatic heterocycles. The van der Waals surface area contributed by atoms with Crippen molar-refractivity contribution in [3.8, 4) is 0 Å². The molecule has 0 amide bonds. The van der Waals surface area contributed by atoms with Gasteiger partial charge in [-0.1, -0.05) is 0 Å². The van der Waals surface area contributed by atoms with Crippen molar-refractivity contribution in [1.29, 1.82) is 0 Å². The number of nitrogens with one attached hydrogen (secondary N) is 2. The summed E-state index contributed by atoms with van der Waals surface area (Å²) < 4.78 is 0. The van der Waals surface area contributed by atoms with Crippen LogP contribution in [0.15, 0.2) is 6.07 Å². The van der Waals surface area contributed by atoms with Gasteiger partial charge in [0.1, 0.15) is 17.5 Å². The van der Waals surface area contributed by atoms with Crippen LogP contribution in [-0.2, 0) is 0 Å². The molecule has 0 spiro atoms. The zero-order valence-electron chi connectivity index (χ0n) is 10.8. The summed E-state index contributed by atoms with van der Waals surface area (Å²) in [5.74, 6) is 2.65. The van der Waals surface area contributed by atoms with Crippen LogP contribution in [0.5, 0.6) is 0 Å². The third kappa shape index (κ3) is 4.19. The third-order valence-electron chi connectivity index (χ3n) is 2.63. The molecule has 0 unspecified atom stereocenters. The van der Waals surface area contributed by atoms with Gasteiger partial charge in [-0.2, -0.15) is 0 Å². The molecule has 94 valence electrons. The fourth-order valence-electron chi connectivity index (χ4n) is 1.58. The molecule has 5 nitrogen and oxygen atoms in total. The first kappa shape index (κ1) is 12.1. The van der Waals surface area contributed by atoms with Gasteiger partial charge in [-0.3, -0.25) is 0 Å². The van der Waals surface area contributed by atoms with Crippen LogP contribution in [0.3, 0.4) is 0 Å². The third-order valence-corrected chi connectivity index (χ3v) is 2.63. The Morgan fingerprint density at radius 3 is 2.65 bits per heavy atom. The second-order valence-electron chi connectivity index (χ2n) is 4.83. The fourth-order valence-corrected chi connectivity index (χ4v) is 1.58. The predicted molar refractivity (Wildman–Crippen MR) is 70.5 cm³/mol. The Bertz CT molecular complexity index is 373. The molecule has 1 aromatic heterocycles. The van der Waals surface area contributed by atoms with Crippen molar-refractivity contribution in [2.24, 2.45) is 0 Å². The number of likely N-dealkylation sites (N-methyl/N-ethyl adjacent to an activating group) is 1. The number of hydrogen-bond acceptors (Lipinski definition) is 5. The lowest BCUT2D eigenvalue weighted by Gasteiger charge is -2.12. The summed E-state index contributed by atoms with van der Waals surface area (Å²) in [6.07, 6.45) is 2.51. The van der Waals surface area contributed by atoms with E-state index in [1.165, 1.54) is 12.8 Å². The number of hydrogen-bond donors (Lipinski definition) is 2. The second-order valence-corrected chi connectivity index (χ2v) is 4.83. The minimum absolute atomic E-state index is 0.624. The van der Waals surface area contributed by atoms with Crippen LogP contribution in [-0.4, -0.2) is 48.1 Å². The molecule has 1 aromatic rings. The van der Waals surface area contributed by atoms with Crippen LogP contribution < -0.4 is 10.6 Å². The summed E-state index contributed by atoms with van der Waals surface area (Å²) in [5.41, 5.74) is 0. The van der Waals surface area contributed by atoms with Crippen molar-refractivity contribution < 1.29 is 0 Å². The standard InChI is InChI=1S/C12H21N5/c1-9-14-11(13-6-7-17(2)3)8-12(15-9)16-10-4-5-10/h8,10H,4-7H2,1-3H3,(H2,13,14,15,16). The highest BCUT2D eigenvalue weighted by atomic mass is 15.1. The van der Waals surface area contributed by atoms with E-state index in [9.17, 15) is 0 Å². The van der Waals surface area contributed by atoms with Crippen LogP contribution in [0.25, 0.3) is 0 Å². The largest absolute Gasteiger partial charge is 0.369 e. The highest BCUT2D eigenvalue weighted by Gasteiger charge is 2.21. The van der Waals surface area contributed by atoms with E-state index in [1.807, 2.05) is 13.0 Å². The molecule has 0 bridgehead atoms. The number of anilines is 2. The number of aromatic nitrogens is 2. The molecule has 1 aliphatic carbocycles. The minimum atomic E-state index is 0.624. The number of nitrogens with zero attached hydrogens (tertiary/aromatic N) is 3. The van der Waals surface area contributed by atoms with Gasteiger partial charge in [0.25, 0.3) is 0 Å². The van der Waals surface area contributed by atoms with Gasteiger partial charge in [-0.15, -0.1) is 0 Å². The number of rotatable bonds is 6. The van der Waals surface area contributed by atoms with Crippen LogP contribution in [0, 0.1) is 6.92 Å². The maximum absolute atomic E-state index is 4.38. The summed E-state index contributed by atoms with van der Waals surface area (Å²) in [6.45, 7) is 3.82. The van der Waals surface area contributed by atoms with Crippen molar-refractivity contribution in [1.82, 2.24) is 14.9 Å². The molecular weight excluding hydrogens is 214 g/mol. The molecule has 5 heteroatoms. The van der Waals surface area contributed by atoms with E-state index >= 15 is 0 Å². The van der Waals surface area contributed by atoms with Gasteiger partial charge < -0.3 is 15.5 Å². The molecule has 2 N–H and O–H groups in total. The van der Waals surface area contributed by atoms with Crippen molar-refractivity contribution in [2.75, 3.05) is 37.8 Å². The second kappa shape index (κ2) is 5.31. The SMILES string of the molecule is Cc1nc(NCCN(C)C)cc(NC2CC2)n1. The van der Waals surface area contributed by atoms with Gasteiger partial charge in [-0.05, 0) is 33.9 Å². The summed E-state index contributed by atoms with van der Waals surface area (Å²) in [7, 11) is 4.12. The first-order valence-electron chi connectivity index (χ1n) is 6.14. The first-order chi connectivity index (χ1) is 8.13. The molecule has 1 heterocycles. The minimum Gasteiger partial charge on any atom is -0.369 e. The monoisotopic (exact) mass is 235 g/mol. The summed E-state index contributed by atoms with van der Waals surface area (Å²) in [5, 5.41) is 6.71. The molecule has 0 radical (unpaired) electrons.